The third kappa shape index (κ3) is 5.40. The van der Waals surface area contributed by atoms with Gasteiger partial charge in [0.2, 0.25) is 5.91 Å². The molecule has 0 aromatic heterocycles. The van der Waals surface area contributed by atoms with Crippen molar-refractivity contribution in [3.8, 4) is 0 Å². The Bertz CT molecular complexity index is 431. The highest BCUT2D eigenvalue weighted by molar-refractivity contribution is 5.85. The zero-order chi connectivity index (χ0) is 15.0. The molecule has 1 atom stereocenters. The molecule has 0 saturated carbocycles. The average Bonchev–Trinajstić information content (AvgIpc) is 2.45. The first kappa shape index (κ1) is 16.2. The third-order valence-electron chi connectivity index (χ3n) is 2.78. The molecule has 1 aromatic rings. The van der Waals surface area contributed by atoms with Crippen LogP contribution in [0.3, 0.4) is 0 Å². The van der Waals surface area contributed by atoms with E-state index in [-0.39, 0.29) is 18.4 Å². The van der Waals surface area contributed by atoms with Gasteiger partial charge in [0.1, 0.15) is 12.6 Å². The highest BCUT2D eigenvalue weighted by Crippen LogP contribution is 2.04. The number of carbonyl (C=O) groups is 2. The maximum atomic E-state index is 11.7. The highest BCUT2D eigenvalue weighted by Gasteiger charge is 2.24. The average molecular weight is 279 g/mol. The fraction of sp³-hybridized carbons (Fsp3) is 0.467. The summed E-state index contributed by atoms with van der Waals surface area (Å²) in [6.45, 7) is 3.95. The number of methoxy groups -OCH3 is 1. The molecule has 0 fully saturated rings. The van der Waals surface area contributed by atoms with Gasteiger partial charge in [-0.05, 0) is 11.5 Å². The standard InChI is InChI=1S/C15H21NO4/c1-11(2)14(15(18)19-3)16-13(17)10-20-9-12-7-5-4-6-8-12/h4-8,11,14H,9-10H2,1-3H3,(H,16,17)/t14-/m0/s1. The van der Waals surface area contributed by atoms with E-state index in [4.69, 9.17) is 4.74 Å². The third-order valence-corrected chi connectivity index (χ3v) is 2.78. The number of hydrogen-bond acceptors (Lipinski definition) is 4. The Kier molecular flexibility index (Phi) is 6.73. The molecule has 1 amide bonds. The summed E-state index contributed by atoms with van der Waals surface area (Å²) in [5, 5.41) is 2.61. The Labute approximate surface area is 119 Å². The van der Waals surface area contributed by atoms with Gasteiger partial charge in [0.15, 0.2) is 0 Å². The van der Waals surface area contributed by atoms with E-state index in [9.17, 15) is 9.59 Å². The number of esters is 1. The summed E-state index contributed by atoms with van der Waals surface area (Å²) in [4.78, 5) is 23.2. The minimum absolute atomic E-state index is 0.0412. The van der Waals surface area contributed by atoms with Gasteiger partial charge < -0.3 is 14.8 Å². The van der Waals surface area contributed by atoms with Crippen molar-refractivity contribution in [3.05, 3.63) is 35.9 Å². The molecule has 1 aromatic carbocycles. The summed E-state index contributed by atoms with van der Waals surface area (Å²) in [5.41, 5.74) is 0.994. The van der Waals surface area contributed by atoms with Crippen molar-refractivity contribution in [2.24, 2.45) is 5.92 Å². The minimum atomic E-state index is -0.646. The molecule has 1 rings (SSSR count). The monoisotopic (exact) mass is 279 g/mol. The number of benzene rings is 1. The topological polar surface area (TPSA) is 64.6 Å². The van der Waals surface area contributed by atoms with Gasteiger partial charge in [-0.1, -0.05) is 44.2 Å². The number of amides is 1. The molecule has 0 bridgehead atoms. The first-order valence-electron chi connectivity index (χ1n) is 6.53. The first-order valence-corrected chi connectivity index (χ1v) is 6.53. The molecular weight excluding hydrogens is 258 g/mol. The molecule has 0 unspecified atom stereocenters. The number of ether oxygens (including phenoxy) is 2. The Morgan fingerprint density at radius 1 is 1.20 bits per heavy atom. The molecule has 0 aliphatic rings. The molecule has 0 saturated heterocycles. The fourth-order valence-corrected chi connectivity index (χ4v) is 1.68. The van der Waals surface area contributed by atoms with Gasteiger partial charge in [0.05, 0.1) is 13.7 Å². The quantitative estimate of drug-likeness (QED) is 0.769. The largest absolute Gasteiger partial charge is 0.467 e. The molecule has 0 spiro atoms. The van der Waals surface area contributed by atoms with E-state index in [1.165, 1.54) is 7.11 Å². The highest BCUT2D eigenvalue weighted by atomic mass is 16.5. The van der Waals surface area contributed by atoms with Gasteiger partial charge in [-0.3, -0.25) is 4.79 Å². The van der Waals surface area contributed by atoms with Gasteiger partial charge in [-0.15, -0.1) is 0 Å². The van der Waals surface area contributed by atoms with Crippen LogP contribution < -0.4 is 5.32 Å². The molecule has 1 N–H and O–H groups in total. The normalized spacial score (nSPS) is 12.0. The predicted molar refractivity (Wildman–Crippen MR) is 74.9 cm³/mol. The second-order valence-corrected chi connectivity index (χ2v) is 4.79. The zero-order valence-corrected chi connectivity index (χ0v) is 12.1. The van der Waals surface area contributed by atoms with E-state index in [1.807, 2.05) is 44.2 Å². The first-order chi connectivity index (χ1) is 9.54. The van der Waals surface area contributed by atoms with Crippen molar-refractivity contribution in [2.45, 2.75) is 26.5 Å². The van der Waals surface area contributed by atoms with Gasteiger partial charge in [0.25, 0.3) is 0 Å². The fourth-order valence-electron chi connectivity index (χ4n) is 1.68. The molecule has 5 nitrogen and oxygen atoms in total. The smallest absolute Gasteiger partial charge is 0.328 e. The second-order valence-electron chi connectivity index (χ2n) is 4.79. The van der Waals surface area contributed by atoms with E-state index in [1.54, 1.807) is 0 Å². The molecule has 0 radical (unpaired) electrons. The van der Waals surface area contributed by atoms with Crippen molar-refractivity contribution in [1.29, 1.82) is 0 Å². The summed E-state index contributed by atoms with van der Waals surface area (Å²) in [7, 11) is 1.30. The lowest BCUT2D eigenvalue weighted by Gasteiger charge is -2.19. The molecule has 110 valence electrons. The zero-order valence-electron chi connectivity index (χ0n) is 12.1. The van der Waals surface area contributed by atoms with Gasteiger partial charge in [-0.25, -0.2) is 4.79 Å². The summed E-state index contributed by atoms with van der Waals surface area (Å²) in [5.74, 6) is -0.818. The lowest BCUT2D eigenvalue weighted by atomic mass is 10.0. The molecular formula is C15H21NO4. The lowest BCUT2D eigenvalue weighted by Crippen LogP contribution is -2.46. The second kappa shape index (κ2) is 8.32. The number of hydrogen-bond donors (Lipinski definition) is 1. The lowest BCUT2D eigenvalue weighted by molar-refractivity contribution is -0.147. The number of carbonyl (C=O) groups excluding carboxylic acids is 2. The van der Waals surface area contributed by atoms with Gasteiger partial charge >= 0.3 is 5.97 Å². The van der Waals surface area contributed by atoms with Crippen LogP contribution in [0.5, 0.6) is 0 Å². The summed E-state index contributed by atoms with van der Waals surface area (Å²) in [6.07, 6.45) is 0. The Hall–Kier alpha value is -1.88. The van der Waals surface area contributed by atoms with Crippen molar-refractivity contribution in [3.63, 3.8) is 0 Å². The van der Waals surface area contributed by atoms with Crippen LogP contribution in [0.2, 0.25) is 0 Å². The van der Waals surface area contributed by atoms with Crippen LogP contribution in [0.1, 0.15) is 19.4 Å². The molecule has 0 heterocycles. The SMILES string of the molecule is COC(=O)[C@@H](NC(=O)COCc1ccccc1)C(C)C. The van der Waals surface area contributed by atoms with E-state index in [0.29, 0.717) is 6.61 Å². The van der Waals surface area contributed by atoms with Crippen molar-refractivity contribution >= 4 is 11.9 Å². The Balaban J connectivity index is 2.37. The van der Waals surface area contributed by atoms with Crippen LogP contribution in [0.15, 0.2) is 30.3 Å². The van der Waals surface area contributed by atoms with Crippen LogP contribution in [0.25, 0.3) is 0 Å². The molecule has 5 heteroatoms. The molecule has 0 aliphatic carbocycles. The van der Waals surface area contributed by atoms with E-state index in [2.05, 4.69) is 10.1 Å². The summed E-state index contributed by atoms with van der Waals surface area (Å²) in [6, 6.07) is 8.93. The molecule has 20 heavy (non-hydrogen) atoms. The van der Waals surface area contributed by atoms with E-state index >= 15 is 0 Å². The minimum Gasteiger partial charge on any atom is -0.467 e. The number of nitrogens with one attached hydrogen (secondary N) is 1. The molecule has 0 aliphatic heterocycles. The van der Waals surface area contributed by atoms with Crippen LogP contribution in [0.4, 0.5) is 0 Å². The van der Waals surface area contributed by atoms with E-state index in [0.717, 1.165) is 5.56 Å². The maximum absolute atomic E-state index is 11.7. The van der Waals surface area contributed by atoms with Crippen LogP contribution >= 0.6 is 0 Å². The van der Waals surface area contributed by atoms with Crippen LogP contribution in [0, 0.1) is 5.92 Å². The van der Waals surface area contributed by atoms with Gasteiger partial charge in [-0.2, -0.15) is 0 Å². The summed E-state index contributed by atoms with van der Waals surface area (Å²) < 4.78 is 9.97. The Morgan fingerprint density at radius 2 is 1.85 bits per heavy atom. The number of rotatable bonds is 7. The van der Waals surface area contributed by atoms with Gasteiger partial charge in [0, 0.05) is 0 Å². The van der Waals surface area contributed by atoms with Crippen molar-refractivity contribution in [2.75, 3.05) is 13.7 Å². The predicted octanol–water partition coefficient (Wildman–Crippen LogP) is 1.52. The Morgan fingerprint density at radius 3 is 2.40 bits per heavy atom. The van der Waals surface area contributed by atoms with Crippen molar-refractivity contribution < 1.29 is 19.1 Å². The van der Waals surface area contributed by atoms with Crippen molar-refractivity contribution in [1.82, 2.24) is 5.32 Å². The van der Waals surface area contributed by atoms with Crippen LogP contribution in [-0.4, -0.2) is 31.6 Å². The maximum Gasteiger partial charge on any atom is 0.328 e. The van der Waals surface area contributed by atoms with E-state index < -0.39 is 12.0 Å². The summed E-state index contributed by atoms with van der Waals surface area (Å²) >= 11 is 0. The van der Waals surface area contributed by atoms with Crippen LogP contribution in [-0.2, 0) is 25.7 Å².